The molecule has 0 fully saturated rings. The summed E-state index contributed by atoms with van der Waals surface area (Å²) in [6, 6.07) is 3.83. The fourth-order valence-electron chi connectivity index (χ4n) is 1.29. The Morgan fingerprint density at radius 2 is 2.07 bits per heavy atom. The van der Waals surface area contributed by atoms with Crippen molar-refractivity contribution in [3.8, 4) is 11.5 Å². The molecule has 0 radical (unpaired) electrons. The van der Waals surface area contributed by atoms with Gasteiger partial charge in [0.25, 0.3) is 0 Å². The topological polar surface area (TPSA) is 81.8 Å². The van der Waals surface area contributed by atoms with Crippen LogP contribution in [-0.2, 0) is 4.79 Å². The number of benzene rings is 1. The molecule has 1 unspecified atom stereocenters. The van der Waals surface area contributed by atoms with Gasteiger partial charge in [-0.05, 0) is 6.07 Å². The van der Waals surface area contributed by atoms with Gasteiger partial charge in [-0.2, -0.15) is 0 Å². The predicted molar refractivity (Wildman–Crippen MR) is 54.1 cm³/mol. The van der Waals surface area contributed by atoms with Crippen molar-refractivity contribution >= 4 is 5.97 Å². The number of aliphatic carboxylic acids is 1. The van der Waals surface area contributed by atoms with Crippen LogP contribution in [-0.4, -0.2) is 25.3 Å². The van der Waals surface area contributed by atoms with Crippen LogP contribution in [0.25, 0.3) is 0 Å². The molecule has 0 aliphatic carbocycles. The molecule has 1 aromatic rings. The Morgan fingerprint density at radius 3 is 2.53 bits per heavy atom. The lowest BCUT2D eigenvalue weighted by Gasteiger charge is -2.14. The minimum atomic E-state index is -1.12. The van der Waals surface area contributed by atoms with E-state index in [2.05, 4.69) is 0 Å². The van der Waals surface area contributed by atoms with Crippen LogP contribution in [0.1, 0.15) is 11.6 Å². The Kier molecular flexibility index (Phi) is 3.51. The van der Waals surface area contributed by atoms with Gasteiger partial charge in [0.15, 0.2) is 11.5 Å². The molecule has 0 amide bonds. The summed E-state index contributed by atoms with van der Waals surface area (Å²) in [5.41, 5.74) is 5.90. The highest BCUT2D eigenvalue weighted by Gasteiger charge is 2.20. The Hall–Kier alpha value is -1.75. The summed E-state index contributed by atoms with van der Waals surface area (Å²) in [7, 11) is 2.92. The molecule has 1 rings (SSSR count). The summed E-state index contributed by atoms with van der Waals surface area (Å²) in [5.74, 6) is -0.289. The van der Waals surface area contributed by atoms with E-state index in [4.69, 9.17) is 20.3 Å². The maximum absolute atomic E-state index is 10.7. The van der Waals surface area contributed by atoms with Crippen LogP contribution in [0.4, 0.5) is 0 Å². The predicted octanol–water partition coefficient (Wildman–Crippen LogP) is 0.788. The van der Waals surface area contributed by atoms with Gasteiger partial charge >= 0.3 is 5.97 Å². The molecule has 0 saturated heterocycles. The first-order valence-corrected chi connectivity index (χ1v) is 4.31. The van der Waals surface area contributed by atoms with Crippen LogP contribution in [0.2, 0.25) is 0 Å². The van der Waals surface area contributed by atoms with Gasteiger partial charge in [-0.3, -0.25) is 4.79 Å². The zero-order chi connectivity index (χ0) is 11.4. The number of rotatable bonds is 4. The molecule has 1 atom stereocenters. The average Bonchev–Trinajstić information content (AvgIpc) is 2.26. The molecule has 5 nitrogen and oxygen atoms in total. The number of hydrogen-bond donors (Lipinski definition) is 2. The highest BCUT2D eigenvalue weighted by atomic mass is 16.5. The molecule has 0 aliphatic rings. The highest BCUT2D eigenvalue weighted by molar-refractivity contribution is 5.77. The first-order valence-electron chi connectivity index (χ1n) is 4.31. The van der Waals surface area contributed by atoms with E-state index in [1.165, 1.54) is 14.2 Å². The number of methoxy groups -OCH3 is 2. The fourth-order valence-corrected chi connectivity index (χ4v) is 1.29. The van der Waals surface area contributed by atoms with Crippen molar-refractivity contribution in [1.82, 2.24) is 0 Å². The molecule has 82 valence electrons. The van der Waals surface area contributed by atoms with E-state index in [0.717, 1.165) is 0 Å². The summed E-state index contributed by atoms with van der Waals surface area (Å²) >= 11 is 0. The van der Waals surface area contributed by atoms with Gasteiger partial charge in [0.2, 0.25) is 0 Å². The van der Waals surface area contributed by atoms with Gasteiger partial charge in [-0.25, -0.2) is 0 Å². The molecule has 0 aromatic heterocycles. The standard InChI is InChI=1S/C10H13NO4/c1-14-7-5-3-4-6(9(7)15-2)8(11)10(12)13/h3-5,8H,11H2,1-2H3,(H,12,13). The summed E-state index contributed by atoms with van der Waals surface area (Å²) in [5, 5.41) is 8.80. The van der Waals surface area contributed by atoms with Crippen LogP contribution in [0.5, 0.6) is 11.5 Å². The van der Waals surface area contributed by atoms with Gasteiger partial charge in [0.1, 0.15) is 6.04 Å². The van der Waals surface area contributed by atoms with Crippen LogP contribution < -0.4 is 15.2 Å². The number of hydrogen-bond acceptors (Lipinski definition) is 4. The van der Waals surface area contributed by atoms with E-state index in [0.29, 0.717) is 17.1 Å². The van der Waals surface area contributed by atoms with Crippen molar-refractivity contribution in [3.63, 3.8) is 0 Å². The lowest BCUT2D eigenvalue weighted by atomic mass is 10.1. The van der Waals surface area contributed by atoms with Crippen LogP contribution in [0.15, 0.2) is 18.2 Å². The third-order valence-electron chi connectivity index (χ3n) is 2.03. The molecule has 3 N–H and O–H groups in total. The van der Waals surface area contributed by atoms with E-state index in [-0.39, 0.29) is 0 Å². The quantitative estimate of drug-likeness (QED) is 0.769. The number of carbonyl (C=O) groups is 1. The number of nitrogens with two attached hydrogens (primary N) is 1. The second-order valence-electron chi connectivity index (χ2n) is 2.90. The highest BCUT2D eigenvalue weighted by Crippen LogP contribution is 2.33. The van der Waals surface area contributed by atoms with Gasteiger partial charge in [-0.15, -0.1) is 0 Å². The largest absolute Gasteiger partial charge is 0.493 e. The SMILES string of the molecule is COc1cccc(C(N)C(=O)O)c1OC. The maximum atomic E-state index is 10.7. The molecule has 15 heavy (non-hydrogen) atoms. The Balaban J connectivity index is 3.22. The van der Waals surface area contributed by atoms with E-state index in [9.17, 15) is 4.79 Å². The maximum Gasteiger partial charge on any atom is 0.325 e. The number of ether oxygens (including phenoxy) is 2. The number of carboxylic acids is 1. The van der Waals surface area contributed by atoms with Crippen LogP contribution in [0.3, 0.4) is 0 Å². The summed E-state index contributed by atoms with van der Waals surface area (Å²) in [4.78, 5) is 10.7. The van der Waals surface area contributed by atoms with Crippen molar-refractivity contribution in [2.24, 2.45) is 5.73 Å². The van der Waals surface area contributed by atoms with Crippen molar-refractivity contribution in [2.45, 2.75) is 6.04 Å². The summed E-state index contributed by atoms with van der Waals surface area (Å²) < 4.78 is 10.1. The van der Waals surface area contributed by atoms with Crippen molar-refractivity contribution in [3.05, 3.63) is 23.8 Å². The van der Waals surface area contributed by atoms with Crippen molar-refractivity contribution in [2.75, 3.05) is 14.2 Å². The lowest BCUT2D eigenvalue weighted by molar-refractivity contribution is -0.138. The second kappa shape index (κ2) is 4.65. The molecular weight excluding hydrogens is 198 g/mol. The van der Waals surface area contributed by atoms with Crippen molar-refractivity contribution in [1.29, 1.82) is 0 Å². The summed E-state index contributed by atoms with van der Waals surface area (Å²) in [6.07, 6.45) is 0. The van der Waals surface area contributed by atoms with Gasteiger partial charge in [0, 0.05) is 5.56 Å². The van der Waals surface area contributed by atoms with E-state index < -0.39 is 12.0 Å². The first kappa shape index (κ1) is 11.3. The van der Waals surface area contributed by atoms with Gasteiger partial charge < -0.3 is 20.3 Å². The molecule has 1 aromatic carbocycles. The Bertz CT molecular complexity index is 364. The normalized spacial score (nSPS) is 11.9. The first-order chi connectivity index (χ1) is 7.11. The van der Waals surface area contributed by atoms with Crippen LogP contribution >= 0.6 is 0 Å². The number of para-hydroxylation sites is 1. The second-order valence-corrected chi connectivity index (χ2v) is 2.90. The molecular formula is C10H13NO4. The lowest BCUT2D eigenvalue weighted by Crippen LogP contribution is -2.21. The molecule has 0 saturated carbocycles. The van der Waals surface area contributed by atoms with Crippen molar-refractivity contribution < 1.29 is 19.4 Å². The van der Waals surface area contributed by atoms with E-state index >= 15 is 0 Å². The zero-order valence-corrected chi connectivity index (χ0v) is 8.56. The molecule has 0 aliphatic heterocycles. The third-order valence-corrected chi connectivity index (χ3v) is 2.03. The van der Waals surface area contributed by atoms with E-state index in [1.807, 2.05) is 0 Å². The average molecular weight is 211 g/mol. The molecule has 0 spiro atoms. The fraction of sp³-hybridized carbons (Fsp3) is 0.300. The molecule has 0 bridgehead atoms. The van der Waals surface area contributed by atoms with E-state index in [1.54, 1.807) is 18.2 Å². The minimum Gasteiger partial charge on any atom is -0.493 e. The third kappa shape index (κ3) is 2.19. The smallest absolute Gasteiger partial charge is 0.325 e. The Labute approximate surface area is 87.4 Å². The minimum absolute atomic E-state index is 0.356. The Morgan fingerprint density at radius 1 is 1.40 bits per heavy atom. The van der Waals surface area contributed by atoms with Gasteiger partial charge in [0.05, 0.1) is 14.2 Å². The molecule has 0 heterocycles. The van der Waals surface area contributed by atoms with Crippen LogP contribution in [0, 0.1) is 0 Å². The monoisotopic (exact) mass is 211 g/mol. The summed E-state index contributed by atoms with van der Waals surface area (Å²) in [6.45, 7) is 0. The number of carboxylic acid groups (broad SMARTS) is 1. The molecule has 5 heteroatoms. The van der Waals surface area contributed by atoms with Gasteiger partial charge in [-0.1, -0.05) is 12.1 Å². The zero-order valence-electron chi connectivity index (χ0n) is 8.56.